The molecule has 1 unspecified atom stereocenters. The monoisotopic (exact) mass is 290 g/mol. The van der Waals surface area contributed by atoms with Crippen molar-refractivity contribution in [3.8, 4) is 0 Å². The molecule has 0 aliphatic heterocycles. The zero-order valence-corrected chi connectivity index (χ0v) is 11.7. The number of hydrogen-bond donors (Lipinski definition) is 2. The Bertz CT molecular complexity index is 424. The smallest absolute Gasteiger partial charge is 0.317 e. The van der Waals surface area contributed by atoms with Gasteiger partial charge in [0.25, 0.3) is 5.92 Å². The highest BCUT2D eigenvalue weighted by molar-refractivity contribution is 5.87. The van der Waals surface area contributed by atoms with Crippen LogP contribution in [0.15, 0.2) is 0 Å². The Labute approximate surface area is 116 Å². The highest BCUT2D eigenvalue weighted by atomic mass is 19.3. The molecule has 0 spiro atoms. The molecule has 114 valence electrons. The molecule has 2 fully saturated rings. The number of rotatable bonds is 6. The summed E-state index contributed by atoms with van der Waals surface area (Å²) in [6, 6.07) is -0.0162. The molecule has 0 radical (unpaired) electrons. The molecule has 2 aliphatic carbocycles. The van der Waals surface area contributed by atoms with Crippen molar-refractivity contribution in [2.75, 3.05) is 13.1 Å². The fourth-order valence-electron chi connectivity index (χ4n) is 2.67. The van der Waals surface area contributed by atoms with Crippen molar-refractivity contribution >= 4 is 11.9 Å². The van der Waals surface area contributed by atoms with Crippen LogP contribution in [0, 0.1) is 5.41 Å². The van der Waals surface area contributed by atoms with E-state index in [9.17, 15) is 18.4 Å². The minimum absolute atomic E-state index is 0.0301. The number of hydrogen-bond acceptors (Lipinski definition) is 3. The number of carboxylic acids is 1. The Kier molecular flexibility index (Phi) is 3.75. The van der Waals surface area contributed by atoms with E-state index in [1.807, 2.05) is 11.8 Å². The third-order valence-corrected chi connectivity index (χ3v) is 4.47. The van der Waals surface area contributed by atoms with Gasteiger partial charge in [0.1, 0.15) is 5.41 Å². The van der Waals surface area contributed by atoms with Crippen LogP contribution < -0.4 is 5.32 Å². The van der Waals surface area contributed by atoms with Crippen molar-refractivity contribution in [1.29, 1.82) is 0 Å². The topological polar surface area (TPSA) is 69.6 Å². The lowest BCUT2D eigenvalue weighted by molar-refractivity contribution is -0.140. The normalized spacial score (nSPS) is 34.5. The molecule has 2 aliphatic rings. The average Bonchev–Trinajstić information content (AvgIpc) is 2.81. The lowest BCUT2D eigenvalue weighted by atomic mass is 9.85. The molecule has 0 aromatic carbocycles. The lowest BCUT2D eigenvalue weighted by Crippen LogP contribution is -2.56. The largest absolute Gasteiger partial charge is 0.480 e. The summed E-state index contributed by atoms with van der Waals surface area (Å²) in [5, 5.41) is 11.4. The average molecular weight is 290 g/mol. The van der Waals surface area contributed by atoms with Crippen LogP contribution in [-0.4, -0.2) is 53.0 Å². The molecule has 0 aromatic heterocycles. The molecule has 1 atom stereocenters. The lowest BCUT2D eigenvalue weighted by Gasteiger charge is -2.42. The fraction of sp³-hybridized carbons (Fsp3) is 0.846. The van der Waals surface area contributed by atoms with E-state index in [0.717, 1.165) is 0 Å². The molecule has 0 heterocycles. The van der Waals surface area contributed by atoms with Crippen LogP contribution >= 0.6 is 0 Å². The number of carbonyl (C=O) groups is 2. The maximum Gasteiger partial charge on any atom is 0.317 e. The summed E-state index contributed by atoms with van der Waals surface area (Å²) >= 11 is 0. The van der Waals surface area contributed by atoms with Gasteiger partial charge in [-0.3, -0.25) is 14.5 Å². The van der Waals surface area contributed by atoms with Crippen LogP contribution in [-0.2, 0) is 9.59 Å². The van der Waals surface area contributed by atoms with E-state index in [2.05, 4.69) is 5.32 Å². The molecule has 0 aromatic rings. The number of nitrogens with zero attached hydrogens (tertiary/aromatic N) is 1. The molecule has 7 heteroatoms. The van der Waals surface area contributed by atoms with Gasteiger partial charge in [-0.05, 0) is 26.3 Å². The molecule has 2 N–H and O–H groups in total. The maximum atomic E-state index is 13.1. The number of carbonyl (C=O) groups excluding carboxylic acids is 1. The minimum Gasteiger partial charge on any atom is -0.480 e. The summed E-state index contributed by atoms with van der Waals surface area (Å²) in [7, 11) is 0. The minimum atomic E-state index is -2.89. The third-order valence-electron chi connectivity index (χ3n) is 4.47. The van der Waals surface area contributed by atoms with Gasteiger partial charge in [0.2, 0.25) is 5.91 Å². The first-order valence-corrected chi connectivity index (χ1v) is 6.84. The number of likely N-dealkylation sites (N-methyl/N-ethyl adjacent to an activating group) is 1. The second-order valence-corrected chi connectivity index (χ2v) is 5.97. The summed E-state index contributed by atoms with van der Waals surface area (Å²) in [4.78, 5) is 24.3. The van der Waals surface area contributed by atoms with Crippen LogP contribution in [0.5, 0.6) is 0 Å². The van der Waals surface area contributed by atoms with Crippen LogP contribution in [0.1, 0.15) is 33.1 Å². The van der Waals surface area contributed by atoms with Crippen molar-refractivity contribution < 1.29 is 23.5 Å². The summed E-state index contributed by atoms with van der Waals surface area (Å²) in [6.07, 6.45) is 0.852. The number of aliphatic carboxylic acids is 1. The van der Waals surface area contributed by atoms with Crippen molar-refractivity contribution in [2.45, 2.75) is 51.1 Å². The van der Waals surface area contributed by atoms with E-state index in [0.29, 0.717) is 19.4 Å². The predicted octanol–water partition coefficient (Wildman–Crippen LogP) is 1.09. The Balaban J connectivity index is 1.77. The van der Waals surface area contributed by atoms with Gasteiger partial charge in [0.05, 0.1) is 6.54 Å². The number of alkyl halides is 2. The second kappa shape index (κ2) is 4.95. The Morgan fingerprint density at radius 3 is 2.35 bits per heavy atom. The van der Waals surface area contributed by atoms with E-state index < -0.39 is 23.2 Å². The zero-order chi connectivity index (χ0) is 15.1. The Hall–Kier alpha value is -1.24. The first-order valence-electron chi connectivity index (χ1n) is 6.84. The molecule has 0 saturated heterocycles. The summed E-state index contributed by atoms with van der Waals surface area (Å²) in [5.74, 6) is -4.37. The van der Waals surface area contributed by atoms with Gasteiger partial charge >= 0.3 is 5.97 Å². The van der Waals surface area contributed by atoms with Crippen molar-refractivity contribution in [1.82, 2.24) is 10.2 Å². The van der Waals surface area contributed by atoms with Gasteiger partial charge in [-0.2, -0.15) is 0 Å². The highest BCUT2D eigenvalue weighted by Gasteiger charge is 2.72. The number of halogens is 2. The van der Waals surface area contributed by atoms with Crippen LogP contribution in [0.3, 0.4) is 0 Å². The van der Waals surface area contributed by atoms with Crippen LogP contribution in [0.4, 0.5) is 8.78 Å². The standard InChI is InChI=1S/C13H20F2N2O3/c1-3-17(6-10(18)19)9-4-8(5-9)16-11(20)12(2)7-13(12,14)15/h8-9H,3-7H2,1-2H3,(H,16,20)(H,18,19). The summed E-state index contributed by atoms with van der Waals surface area (Å²) in [5.41, 5.74) is -1.55. The molecule has 2 saturated carbocycles. The molecule has 1 amide bonds. The zero-order valence-electron chi connectivity index (χ0n) is 11.7. The van der Waals surface area contributed by atoms with Crippen molar-refractivity contribution in [3.05, 3.63) is 0 Å². The second-order valence-electron chi connectivity index (χ2n) is 5.97. The Morgan fingerprint density at radius 1 is 1.40 bits per heavy atom. The molecule has 2 rings (SSSR count). The van der Waals surface area contributed by atoms with Gasteiger partial charge in [0.15, 0.2) is 0 Å². The SMILES string of the molecule is CCN(CC(=O)O)C1CC(NC(=O)C2(C)CC2(F)F)C1. The highest BCUT2D eigenvalue weighted by Crippen LogP contribution is 2.60. The van der Waals surface area contributed by atoms with Gasteiger partial charge in [-0.15, -0.1) is 0 Å². The third kappa shape index (κ3) is 2.63. The number of carboxylic acid groups (broad SMARTS) is 1. The van der Waals surface area contributed by atoms with E-state index in [1.165, 1.54) is 6.92 Å². The van der Waals surface area contributed by atoms with E-state index in [1.54, 1.807) is 0 Å². The van der Waals surface area contributed by atoms with Gasteiger partial charge in [-0.1, -0.05) is 6.92 Å². The molecular weight excluding hydrogens is 270 g/mol. The van der Waals surface area contributed by atoms with Crippen molar-refractivity contribution in [2.24, 2.45) is 5.41 Å². The molecule has 0 bridgehead atoms. The maximum absolute atomic E-state index is 13.1. The number of amides is 1. The summed E-state index contributed by atoms with van der Waals surface area (Å²) in [6.45, 7) is 3.74. The molecular formula is C13H20F2N2O3. The van der Waals surface area contributed by atoms with Crippen molar-refractivity contribution in [3.63, 3.8) is 0 Å². The first-order chi connectivity index (χ1) is 9.19. The van der Waals surface area contributed by atoms with Gasteiger partial charge in [-0.25, -0.2) is 8.78 Å². The van der Waals surface area contributed by atoms with E-state index >= 15 is 0 Å². The predicted molar refractivity (Wildman–Crippen MR) is 67.5 cm³/mol. The van der Waals surface area contributed by atoms with Crippen LogP contribution in [0.25, 0.3) is 0 Å². The summed E-state index contributed by atoms with van der Waals surface area (Å²) < 4.78 is 26.1. The van der Waals surface area contributed by atoms with Crippen LogP contribution in [0.2, 0.25) is 0 Å². The fourth-order valence-corrected chi connectivity index (χ4v) is 2.67. The molecule has 5 nitrogen and oxygen atoms in total. The van der Waals surface area contributed by atoms with Gasteiger partial charge in [0, 0.05) is 18.5 Å². The molecule has 20 heavy (non-hydrogen) atoms. The van der Waals surface area contributed by atoms with E-state index in [4.69, 9.17) is 5.11 Å². The first kappa shape index (κ1) is 15.2. The quantitative estimate of drug-likeness (QED) is 0.768. The number of nitrogens with one attached hydrogen (secondary N) is 1. The van der Waals surface area contributed by atoms with E-state index in [-0.39, 0.29) is 25.0 Å². The van der Waals surface area contributed by atoms with Gasteiger partial charge < -0.3 is 10.4 Å². The Morgan fingerprint density at radius 2 is 1.95 bits per heavy atom.